The van der Waals surface area contributed by atoms with Gasteiger partial charge in [0.25, 0.3) is 0 Å². The van der Waals surface area contributed by atoms with Crippen LogP contribution in [-0.4, -0.2) is 23.4 Å². The van der Waals surface area contributed by atoms with E-state index in [9.17, 15) is 0 Å². The Morgan fingerprint density at radius 3 is 2.23 bits per heavy atom. The van der Waals surface area contributed by atoms with E-state index in [2.05, 4.69) is 27.7 Å². The lowest BCUT2D eigenvalue weighted by Crippen LogP contribution is -2.35. The van der Waals surface area contributed by atoms with E-state index in [4.69, 9.17) is 9.84 Å². The maximum Gasteiger partial charge on any atom is 0.0745 e. The number of hydrogen-bond acceptors (Lipinski definition) is 2. The van der Waals surface area contributed by atoms with Crippen LogP contribution in [0.3, 0.4) is 0 Å². The van der Waals surface area contributed by atoms with Gasteiger partial charge in [0.05, 0.1) is 18.3 Å². The van der Waals surface area contributed by atoms with Gasteiger partial charge in [0.2, 0.25) is 0 Å². The third kappa shape index (κ3) is 5.27. The second-order valence-corrected chi connectivity index (χ2v) is 4.45. The largest absolute Gasteiger partial charge is 0.391 e. The number of ether oxygens (including phenoxy) is 1. The Hall–Kier alpha value is -0.0800. The van der Waals surface area contributed by atoms with Crippen molar-refractivity contribution in [2.75, 3.05) is 6.61 Å². The van der Waals surface area contributed by atoms with Crippen LogP contribution in [0.1, 0.15) is 47.5 Å². The van der Waals surface area contributed by atoms with E-state index in [1.807, 2.05) is 0 Å². The molecule has 2 atom stereocenters. The lowest BCUT2D eigenvalue weighted by molar-refractivity contribution is -0.0852. The molecule has 13 heavy (non-hydrogen) atoms. The number of aliphatic hydroxyl groups is 1. The fourth-order valence-corrected chi connectivity index (χ4v) is 1.26. The second kappa shape index (κ2) is 5.61. The Morgan fingerprint density at radius 2 is 1.85 bits per heavy atom. The van der Waals surface area contributed by atoms with Gasteiger partial charge in [0, 0.05) is 0 Å². The zero-order valence-electron chi connectivity index (χ0n) is 9.63. The van der Waals surface area contributed by atoms with Crippen molar-refractivity contribution in [3.8, 4) is 0 Å². The Kier molecular flexibility index (Phi) is 5.57. The molecule has 0 amide bonds. The molecule has 0 aromatic carbocycles. The fourth-order valence-electron chi connectivity index (χ4n) is 1.26. The van der Waals surface area contributed by atoms with E-state index < -0.39 is 0 Å². The lowest BCUT2D eigenvalue weighted by atomic mass is 9.89. The minimum atomic E-state index is -0.367. The van der Waals surface area contributed by atoms with Crippen molar-refractivity contribution < 1.29 is 9.84 Å². The smallest absolute Gasteiger partial charge is 0.0745 e. The van der Waals surface area contributed by atoms with Gasteiger partial charge in [0.1, 0.15) is 0 Å². The molecule has 1 N–H and O–H groups in total. The minimum Gasteiger partial charge on any atom is -0.391 e. The van der Waals surface area contributed by atoms with Crippen LogP contribution in [0.25, 0.3) is 0 Å². The SMILES string of the molecule is CCCC(C)C(C)(C)OCC(C)O. The number of rotatable bonds is 6. The highest BCUT2D eigenvalue weighted by Gasteiger charge is 2.26. The standard InChI is InChI=1S/C11H24O2/c1-6-7-9(2)11(4,5)13-8-10(3)12/h9-10,12H,6-8H2,1-5H3. The molecule has 0 rings (SSSR count). The van der Waals surface area contributed by atoms with Crippen molar-refractivity contribution >= 4 is 0 Å². The molecule has 0 saturated heterocycles. The maximum atomic E-state index is 9.10. The maximum absolute atomic E-state index is 9.10. The minimum absolute atomic E-state index is 0.118. The summed E-state index contributed by atoms with van der Waals surface area (Å²) in [4.78, 5) is 0. The first kappa shape index (κ1) is 12.9. The molecule has 0 saturated carbocycles. The monoisotopic (exact) mass is 188 g/mol. The highest BCUT2D eigenvalue weighted by atomic mass is 16.5. The van der Waals surface area contributed by atoms with Crippen molar-refractivity contribution in [1.29, 1.82) is 0 Å². The highest BCUT2D eigenvalue weighted by Crippen LogP contribution is 2.25. The van der Waals surface area contributed by atoms with Crippen molar-refractivity contribution in [3.63, 3.8) is 0 Å². The molecule has 0 bridgehead atoms. The van der Waals surface area contributed by atoms with Gasteiger partial charge in [-0.2, -0.15) is 0 Å². The van der Waals surface area contributed by atoms with E-state index in [0.29, 0.717) is 12.5 Å². The van der Waals surface area contributed by atoms with E-state index >= 15 is 0 Å². The molecule has 0 aliphatic heterocycles. The quantitative estimate of drug-likeness (QED) is 0.694. The molecule has 0 aromatic heterocycles. The van der Waals surface area contributed by atoms with E-state index in [1.54, 1.807) is 6.92 Å². The first-order valence-corrected chi connectivity index (χ1v) is 5.22. The van der Waals surface area contributed by atoms with Gasteiger partial charge in [-0.05, 0) is 33.1 Å². The Morgan fingerprint density at radius 1 is 1.31 bits per heavy atom. The molecule has 2 heteroatoms. The van der Waals surface area contributed by atoms with E-state index in [0.717, 1.165) is 0 Å². The molecule has 2 unspecified atom stereocenters. The predicted molar refractivity (Wildman–Crippen MR) is 55.8 cm³/mol. The molecule has 0 aliphatic carbocycles. The molecule has 0 aliphatic rings. The third-order valence-electron chi connectivity index (χ3n) is 2.61. The summed E-state index contributed by atoms with van der Waals surface area (Å²) in [6.45, 7) is 10.7. The molecule has 0 spiro atoms. The summed E-state index contributed by atoms with van der Waals surface area (Å²) in [5.41, 5.74) is -0.118. The molecule has 0 fully saturated rings. The third-order valence-corrected chi connectivity index (χ3v) is 2.61. The molecular weight excluding hydrogens is 164 g/mol. The Bertz CT molecular complexity index is 130. The summed E-state index contributed by atoms with van der Waals surface area (Å²) in [7, 11) is 0. The van der Waals surface area contributed by atoms with Crippen LogP contribution in [0.15, 0.2) is 0 Å². The Labute approximate surface area is 82.3 Å². The highest BCUT2D eigenvalue weighted by molar-refractivity contribution is 4.76. The van der Waals surface area contributed by atoms with Gasteiger partial charge in [-0.3, -0.25) is 0 Å². The van der Waals surface area contributed by atoms with Crippen LogP contribution in [-0.2, 0) is 4.74 Å². The zero-order chi connectivity index (χ0) is 10.5. The van der Waals surface area contributed by atoms with E-state index in [-0.39, 0.29) is 11.7 Å². The number of aliphatic hydroxyl groups excluding tert-OH is 1. The van der Waals surface area contributed by atoms with Gasteiger partial charge >= 0.3 is 0 Å². The van der Waals surface area contributed by atoms with Gasteiger partial charge in [-0.15, -0.1) is 0 Å². The molecule has 0 radical (unpaired) electrons. The predicted octanol–water partition coefficient (Wildman–Crippen LogP) is 2.60. The van der Waals surface area contributed by atoms with Crippen molar-refractivity contribution in [2.45, 2.75) is 59.2 Å². The normalized spacial score (nSPS) is 17.1. The van der Waals surface area contributed by atoms with Crippen molar-refractivity contribution in [3.05, 3.63) is 0 Å². The van der Waals surface area contributed by atoms with Crippen LogP contribution in [0.2, 0.25) is 0 Å². The van der Waals surface area contributed by atoms with Crippen LogP contribution in [0.5, 0.6) is 0 Å². The average Bonchev–Trinajstić information content (AvgIpc) is 2.01. The van der Waals surface area contributed by atoms with E-state index in [1.165, 1.54) is 12.8 Å². The lowest BCUT2D eigenvalue weighted by Gasteiger charge is -2.32. The zero-order valence-corrected chi connectivity index (χ0v) is 9.63. The van der Waals surface area contributed by atoms with Gasteiger partial charge in [-0.25, -0.2) is 0 Å². The van der Waals surface area contributed by atoms with Crippen LogP contribution < -0.4 is 0 Å². The first-order chi connectivity index (χ1) is 5.90. The summed E-state index contributed by atoms with van der Waals surface area (Å²) in [6.07, 6.45) is 1.99. The van der Waals surface area contributed by atoms with Crippen molar-refractivity contribution in [1.82, 2.24) is 0 Å². The molecule has 0 heterocycles. The molecule has 2 nitrogen and oxygen atoms in total. The summed E-state index contributed by atoms with van der Waals surface area (Å²) >= 11 is 0. The summed E-state index contributed by atoms with van der Waals surface area (Å²) < 4.78 is 5.66. The summed E-state index contributed by atoms with van der Waals surface area (Å²) in [5.74, 6) is 0.538. The van der Waals surface area contributed by atoms with Gasteiger partial charge in [-0.1, -0.05) is 20.3 Å². The average molecular weight is 188 g/mol. The second-order valence-electron chi connectivity index (χ2n) is 4.45. The van der Waals surface area contributed by atoms with Crippen molar-refractivity contribution in [2.24, 2.45) is 5.92 Å². The van der Waals surface area contributed by atoms with Gasteiger partial charge in [0.15, 0.2) is 0 Å². The molecular formula is C11H24O2. The van der Waals surface area contributed by atoms with Crippen LogP contribution in [0.4, 0.5) is 0 Å². The molecule has 0 aromatic rings. The number of hydrogen-bond donors (Lipinski definition) is 1. The van der Waals surface area contributed by atoms with Gasteiger partial charge < -0.3 is 9.84 Å². The summed E-state index contributed by atoms with van der Waals surface area (Å²) in [5, 5.41) is 9.10. The molecule has 80 valence electrons. The topological polar surface area (TPSA) is 29.5 Å². The van der Waals surface area contributed by atoms with Crippen LogP contribution >= 0.6 is 0 Å². The summed E-state index contributed by atoms with van der Waals surface area (Å²) in [6, 6.07) is 0. The fraction of sp³-hybridized carbons (Fsp3) is 1.00. The first-order valence-electron chi connectivity index (χ1n) is 5.22. The van der Waals surface area contributed by atoms with Crippen LogP contribution in [0, 0.1) is 5.92 Å². The Balaban J connectivity index is 3.90.